The molecule has 0 bridgehead atoms. The molecule has 1 rings (SSSR count). The van der Waals surface area contributed by atoms with Gasteiger partial charge in [-0.3, -0.25) is 0 Å². The predicted molar refractivity (Wildman–Crippen MR) is 81.7 cm³/mol. The molecule has 0 aliphatic carbocycles. The number of thioether (sulfide) groups is 1. The van der Waals surface area contributed by atoms with Gasteiger partial charge in [0.25, 0.3) is 0 Å². The third-order valence-corrected chi connectivity index (χ3v) is 4.52. The molecule has 1 unspecified atom stereocenters. The van der Waals surface area contributed by atoms with Crippen LogP contribution in [-0.2, 0) is 4.74 Å². The first-order chi connectivity index (χ1) is 8.84. The van der Waals surface area contributed by atoms with Crippen molar-refractivity contribution < 1.29 is 9.53 Å². The number of nitrogens with one attached hydrogen (secondary N) is 2. The van der Waals surface area contributed by atoms with E-state index in [-0.39, 0.29) is 17.6 Å². The Morgan fingerprint density at radius 1 is 1.42 bits per heavy atom. The number of urea groups is 1. The number of rotatable bonds is 5. The van der Waals surface area contributed by atoms with E-state index in [0.29, 0.717) is 24.3 Å². The standard InChI is InChI=1S/C14H28N2O2S/c1-10(19-5)8-15-13(17)16-9-11-6-7-18-12(11)14(2,3)4/h10-12H,6-9H2,1-5H3,(H2,15,16,17)/t10?,11-,12+/m1/s1. The summed E-state index contributed by atoms with van der Waals surface area (Å²) in [4.78, 5) is 11.7. The van der Waals surface area contributed by atoms with Gasteiger partial charge in [0.1, 0.15) is 0 Å². The van der Waals surface area contributed by atoms with Gasteiger partial charge < -0.3 is 15.4 Å². The minimum atomic E-state index is -0.0690. The Morgan fingerprint density at radius 2 is 2.11 bits per heavy atom. The van der Waals surface area contributed by atoms with Crippen LogP contribution in [0.5, 0.6) is 0 Å². The number of amides is 2. The molecule has 2 N–H and O–H groups in total. The fourth-order valence-electron chi connectivity index (χ4n) is 2.41. The van der Waals surface area contributed by atoms with Crippen LogP contribution in [0.4, 0.5) is 4.79 Å². The first-order valence-corrected chi connectivity index (χ1v) is 8.29. The largest absolute Gasteiger partial charge is 0.377 e. The summed E-state index contributed by atoms with van der Waals surface area (Å²) in [6.45, 7) is 10.9. The second-order valence-electron chi connectivity index (χ2n) is 6.34. The van der Waals surface area contributed by atoms with Gasteiger partial charge in [-0.05, 0) is 18.1 Å². The van der Waals surface area contributed by atoms with Crippen molar-refractivity contribution in [1.82, 2.24) is 10.6 Å². The van der Waals surface area contributed by atoms with Crippen LogP contribution in [0, 0.1) is 11.3 Å². The van der Waals surface area contributed by atoms with Crippen molar-refractivity contribution in [3.05, 3.63) is 0 Å². The third-order valence-electron chi connectivity index (χ3n) is 3.55. The van der Waals surface area contributed by atoms with Crippen LogP contribution in [0.3, 0.4) is 0 Å². The zero-order valence-corrected chi connectivity index (χ0v) is 13.6. The maximum absolute atomic E-state index is 11.7. The van der Waals surface area contributed by atoms with Crippen molar-refractivity contribution in [2.45, 2.75) is 45.5 Å². The Hall–Kier alpha value is -0.420. The molecule has 0 saturated carbocycles. The minimum absolute atomic E-state index is 0.0690. The topological polar surface area (TPSA) is 50.4 Å². The molecule has 0 aromatic heterocycles. The van der Waals surface area contributed by atoms with Gasteiger partial charge in [-0.15, -0.1) is 0 Å². The van der Waals surface area contributed by atoms with E-state index in [1.807, 2.05) is 6.26 Å². The zero-order valence-electron chi connectivity index (χ0n) is 12.8. The lowest BCUT2D eigenvalue weighted by atomic mass is 9.81. The van der Waals surface area contributed by atoms with Crippen LogP contribution in [0.2, 0.25) is 0 Å². The molecule has 4 nitrogen and oxygen atoms in total. The van der Waals surface area contributed by atoms with E-state index in [1.165, 1.54) is 0 Å². The van der Waals surface area contributed by atoms with Crippen LogP contribution < -0.4 is 10.6 Å². The summed E-state index contributed by atoms with van der Waals surface area (Å²) in [5, 5.41) is 6.31. The van der Waals surface area contributed by atoms with Crippen molar-refractivity contribution in [3.63, 3.8) is 0 Å². The van der Waals surface area contributed by atoms with Gasteiger partial charge in [-0.2, -0.15) is 11.8 Å². The van der Waals surface area contributed by atoms with E-state index in [2.05, 4.69) is 38.3 Å². The molecule has 112 valence electrons. The lowest BCUT2D eigenvalue weighted by Crippen LogP contribution is -2.43. The molecule has 1 aliphatic rings. The van der Waals surface area contributed by atoms with E-state index in [9.17, 15) is 4.79 Å². The highest BCUT2D eigenvalue weighted by atomic mass is 32.2. The second-order valence-corrected chi connectivity index (χ2v) is 7.62. The molecule has 2 amide bonds. The molecule has 0 spiro atoms. The smallest absolute Gasteiger partial charge is 0.314 e. The second kappa shape index (κ2) is 7.39. The monoisotopic (exact) mass is 288 g/mol. The van der Waals surface area contributed by atoms with Crippen LogP contribution in [-0.4, -0.2) is 43.3 Å². The molecule has 1 heterocycles. The SMILES string of the molecule is CSC(C)CNC(=O)NC[C@H]1CCO[C@@H]1C(C)(C)C. The Balaban J connectivity index is 2.30. The van der Waals surface area contributed by atoms with Crippen molar-refractivity contribution >= 4 is 17.8 Å². The minimum Gasteiger partial charge on any atom is -0.377 e. The highest BCUT2D eigenvalue weighted by molar-refractivity contribution is 7.99. The summed E-state index contributed by atoms with van der Waals surface area (Å²) in [6, 6.07) is -0.0690. The third kappa shape index (κ3) is 5.61. The zero-order chi connectivity index (χ0) is 14.5. The Labute approximate surface area is 121 Å². The van der Waals surface area contributed by atoms with E-state index in [1.54, 1.807) is 11.8 Å². The van der Waals surface area contributed by atoms with Gasteiger partial charge in [0.15, 0.2) is 0 Å². The molecule has 0 radical (unpaired) electrons. The highest BCUT2D eigenvalue weighted by Gasteiger charge is 2.37. The van der Waals surface area contributed by atoms with Crippen LogP contribution in [0.15, 0.2) is 0 Å². The first kappa shape index (κ1) is 16.6. The molecule has 19 heavy (non-hydrogen) atoms. The van der Waals surface area contributed by atoms with Crippen molar-refractivity contribution in [2.75, 3.05) is 26.0 Å². The molecule has 5 heteroatoms. The van der Waals surface area contributed by atoms with Crippen molar-refractivity contribution in [3.8, 4) is 0 Å². The fourth-order valence-corrected chi connectivity index (χ4v) is 2.66. The maximum Gasteiger partial charge on any atom is 0.314 e. The van der Waals surface area contributed by atoms with Crippen molar-refractivity contribution in [2.24, 2.45) is 11.3 Å². The summed E-state index contributed by atoms with van der Waals surface area (Å²) in [6.07, 6.45) is 3.32. The molecule has 3 atom stereocenters. The Bertz CT molecular complexity index is 292. The van der Waals surface area contributed by atoms with E-state index in [4.69, 9.17) is 4.74 Å². The summed E-state index contributed by atoms with van der Waals surface area (Å²) in [5.74, 6) is 0.420. The number of hydrogen-bond donors (Lipinski definition) is 2. The number of carbonyl (C=O) groups is 1. The average Bonchev–Trinajstić information content (AvgIpc) is 2.81. The van der Waals surface area contributed by atoms with Gasteiger partial charge in [-0.1, -0.05) is 27.7 Å². The Morgan fingerprint density at radius 3 is 2.68 bits per heavy atom. The van der Waals surface area contributed by atoms with E-state index >= 15 is 0 Å². The molecule has 0 aromatic carbocycles. The fraction of sp³-hybridized carbons (Fsp3) is 0.929. The molecule has 1 aliphatic heterocycles. The lowest BCUT2D eigenvalue weighted by molar-refractivity contribution is 0.00775. The molecular weight excluding hydrogens is 260 g/mol. The van der Waals surface area contributed by atoms with Gasteiger partial charge >= 0.3 is 6.03 Å². The van der Waals surface area contributed by atoms with Crippen LogP contribution >= 0.6 is 11.8 Å². The first-order valence-electron chi connectivity index (χ1n) is 7.00. The van der Waals surface area contributed by atoms with Crippen LogP contribution in [0.25, 0.3) is 0 Å². The summed E-state index contributed by atoms with van der Waals surface area (Å²) in [7, 11) is 0. The van der Waals surface area contributed by atoms with Gasteiger partial charge in [-0.25, -0.2) is 4.79 Å². The summed E-state index contributed by atoms with van der Waals surface area (Å²) >= 11 is 1.75. The van der Waals surface area contributed by atoms with Gasteiger partial charge in [0.05, 0.1) is 6.10 Å². The predicted octanol–water partition coefficient (Wildman–Crippen LogP) is 2.49. The summed E-state index contributed by atoms with van der Waals surface area (Å²) in [5.41, 5.74) is 0.132. The van der Waals surface area contributed by atoms with E-state index in [0.717, 1.165) is 13.0 Å². The normalized spacial score (nSPS) is 25.1. The van der Waals surface area contributed by atoms with Gasteiger partial charge in [0.2, 0.25) is 0 Å². The highest BCUT2D eigenvalue weighted by Crippen LogP contribution is 2.34. The summed E-state index contributed by atoms with van der Waals surface area (Å²) < 4.78 is 5.80. The number of carbonyl (C=O) groups excluding carboxylic acids is 1. The quantitative estimate of drug-likeness (QED) is 0.817. The van der Waals surface area contributed by atoms with Crippen molar-refractivity contribution in [1.29, 1.82) is 0 Å². The Kier molecular flexibility index (Phi) is 6.47. The number of ether oxygens (including phenoxy) is 1. The molecule has 0 aromatic rings. The average molecular weight is 288 g/mol. The molecule has 1 fully saturated rings. The van der Waals surface area contributed by atoms with Crippen LogP contribution in [0.1, 0.15) is 34.1 Å². The number of hydrogen-bond acceptors (Lipinski definition) is 3. The van der Waals surface area contributed by atoms with E-state index < -0.39 is 0 Å². The molecule has 1 saturated heterocycles. The van der Waals surface area contributed by atoms with Gasteiger partial charge in [0, 0.05) is 30.9 Å². The lowest BCUT2D eigenvalue weighted by Gasteiger charge is -2.31. The maximum atomic E-state index is 11.7. The molecular formula is C14H28N2O2S.